The maximum Gasteiger partial charge on any atom is 0.231 e. The highest BCUT2D eigenvalue weighted by atomic mass is 32.1. The number of hydrogen-bond donors (Lipinski definition) is 0. The molecule has 0 aliphatic carbocycles. The van der Waals surface area contributed by atoms with E-state index in [-0.39, 0.29) is 5.91 Å². The summed E-state index contributed by atoms with van der Waals surface area (Å²) < 4.78 is 10.5. The SMILES string of the molecule is COc1cc(OC)nc(N2CCC(CC(=O)N3CCc4sccc4C3)CC2)n1. The highest BCUT2D eigenvalue weighted by Crippen LogP contribution is 2.28. The van der Waals surface area contributed by atoms with Crippen LogP contribution in [0.5, 0.6) is 11.8 Å². The quantitative estimate of drug-likeness (QED) is 0.766. The molecule has 150 valence electrons. The fourth-order valence-electron chi connectivity index (χ4n) is 3.92. The van der Waals surface area contributed by atoms with Crippen molar-refractivity contribution in [3.8, 4) is 11.8 Å². The highest BCUT2D eigenvalue weighted by molar-refractivity contribution is 7.10. The Morgan fingerprint density at radius 2 is 1.89 bits per heavy atom. The first-order chi connectivity index (χ1) is 13.7. The lowest BCUT2D eigenvalue weighted by atomic mass is 9.92. The molecule has 2 aliphatic heterocycles. The predicted octanol–water partition coefficient (Wildman–Crippen LogP) is 2.75. The van der Waals surface area contributed by atoms with E-state index < -0.39 is 0 Å². The zero-order valence-electron chi connectivity index (χ0n) is 16.4. The number of carbonyl (C=O) groups excluding carboxylic acids is 1. The van der Waals surface area contributed by atoms with E-state index in [0.717, 1.165) is 45.4 Å². The fourth-order valence-corrected chi connectivity index (χ4v) is 4.81. The van der Waals surface area contributed by atoms with Crippen LogP contribution in [0.2, 0.25) is 0 Å². The van der Waals surface area contributed by atoms with Crippen LogP contribution in [-0.4, -0.2) is 54.6 Å². The van der Waals surface area contributed by atoms with Crippen LogP contribution in [0.3, 0.4) is 0 Å². The molecule has 0 atom stereocenters. The van der Waals surface area contributed by atoms with E-state index in [9.17, 15) is 4.79 Å². The molecule has 28 heavy (non-hydrogen) atoms. The number of hydrogen-bond acceptors (Lipinski definition) is 7. The maximum absolute atomic E-state index is 12.8. The van der Waals surface area contributed by atoms with Crippen molar-refractivity contribution >= 4 is 23.2 Å². The van der Waals surface area contributed by atoms with Crippen LogP contribution in [-0.2, 0) is 17.8 Å². The monoisotopic (exact) mass is 402 g/mol. The Balaban J connectivity index is 1.32. The lowest BCUT2D eigenvalue weighted by Gasteiger charge is -2.33. The molecular weight excluding hydrogens is 376 g/mol. The van der Waals surface area contributed by atoms with E-state index in [4.69, 9.17) is 9.47 Å². The van der Waals surface area contributed by atoms with Crippen molar-refractivity contribution in [1.82, 2.24) is 14.9 Å². The molecular formula is C20H26N4O3S. The number of rotatable bonds is 5. The summed E-state index contributed by atoms with van der Waals surface area (Å²) in [6.45, 7) is 3.29. The summed E-state index contributed by atoms with van der Waals surface area (Å²) >= 11 is 1.80. The standard InChI is InChI=1S/C20H26N4O3S/c1-26-17-12-18(27-2)22-20(21-17)23-7-3-14(4-8-23)11-19(25)24-9-5-16-15(13-24)6-10-28-16/h6,10,12,14H,3-5,7-9,11,13H2,1-2H3. The number of methoxy groups -OCH3 is 2. The molecule has 1 saturated heterocycles. The van der Waals surface area contributed by atoms with Gasteiger partial charge in [-0.15, -0.1) is 11.3 Å². The van der Waals surface area contributed by atoms with E-state index in [1.165, 1.54) is 10.4 Å². The Morgan fingerprint density at radius 3 is 2.57 bits per heavy atom. The Bertz CT molecular complexity index is 810. The van der Waals surface area contributed by atoms with Crippen LogP contribution in [0.25, 0.3) is 0 Å². The third-order valence-electron chi connectivity index (χ3n) is 5.61. The van der Waals surface area contributed by atoms with Crippen LogP contribution < -0.4 is 14.4 Å². The van der Waals surface area contributed by atoms with E-state index >= 15 is 0 Å². The van der Waals surface area contributed by atoms with Gasteiger partial charge in [-0.1, -0.05) is 0 Å². The number of piperidine rings is 1. The molecule has 8 heteroatoms. The van der Waals surface area contributed by atoms with Gasteiger partial charge in [0.15, 0.2) is 0 Å². The first kappa shape index (κ1) is 19.0. The zero-order chi connectivity index (χ0) is 19.5. The van der Waals surface area contributed by atoms with Crippen molar-refractivity contribution in [2.24, 2.45) is 5.92 Å². The summed E-state index contributed by atoms with van der Waals surface area (Å²) in [5.41, 5.74) is 1.32. The van der Waals surface area contributed by atoms with Gasteiger partial charge < -0.3 is 19.3 Å². The van der Waals surface area contributed by atoms with E-state index in [1.807, 2.05) is 4.90 Å². The molecule has 7 nitrogen and oxygen atoms in total. The van der Waals surface area contributed by atoms with Gasteiger partial charge in [-0.05, 0) is 42.2 Å². The average Bonchev–Trinajstić information content (AvgIpc) is 3.21. The van der Waals surface area contributed by atoms with Gasteiger partial charge in [0, 0.05) is 37.5 Å². The topological polar surface area (TPSA) is 67.8 Å². The number of ether oxygens (including phenoxy) is 2. The summed E-state index contributed by atoms with van der Waals surface area (Å²) in [5.74, 6) is 2.32. The molecule has 0 bridgehead atoms. The van der Waals surface area contributed by atoms with Gasteiger partial charge in [0.1, 0.15) is 0 Å². The third kappa shape index (κ3) is 4.06. The normalized spacial score (nSPS) is 17.4. The molecule has 1 fully saturated rings. The molecule has 4 rings (SSSR count). The van der Waals surface area contributed by atoms with E-state index in [2.05, 4.69) is 26.3 Å². The Morgan fingerprint density at radius 1 is 1.18 bits per heavy atom. The third-order valence-corrected chi connectivity index (χ3v) is 6.63. The molecule has 0 spiro atoms. The molecule has 1 amide bonds. The lowest BCUT2D eigenvalue weighted by molar-refractivity contribution is -0.133. The number of aromatic nitrogens is 2. The summed E-state index contributed by atoms with van der Waals surface area (Å²) in [6, 6.07) is 3.83. The summed E-state index contributed by atoms with van der Waals surface area (Å²) in [5, 5.41) is 2.13. The first-order valence-corrected chi connectivity index (χ1v) is 10.6. The Hall–Kier alpha value is -2.35. The van der Waals surface area contributed by atoms with Crippen molar-refractivity contribution in [1.29, 1.82) is 0 Å². The Labute approximate surface area is 169 Å². The van der Waals surface area contributed by atoms with Gasteiger partial charge in [0.05, 0.1) is 20.3 Å². The molecule has 0 unspecified atom stereocenters. The minimum Gasteiger partial charge on any atom is -0.481 e. The van der Waals surface area contributed by atoms with Gasteiger partial charge in [-0.2, -0.15) is 9.97 Å². The van der Waals surface area contributed by atoms with E-state index in [0.29, 0.717) is 30.0 Å². The van der Waals surface area contributed by atoms with Gasteiger partial charge in [-0.25, -0.2) is 0 Å². The second-order valence-corrected chi connectivity index (χ2v) is 8.32. The van der Waals surface area contributed by atoms with Gasteiger partial charge in [-0.3, -0.25) is 4.79 Å². The van der Waals surface area contributed by atoms with Crippen LogP contribution in [0, 0.1) is 5.92 Å². The average molecular weight is 403 g/mol. The lowest BCUT2D eigenvalue weighted by Crippen LogP contribution is -2.39. The molecule has 0 N–H and O–H groups in total. The first-order valence-electron chi connectivity index (χ1n) is 9.71. The predicted molar refractivity (Wildman–Crippen MR) is 108 cm³/mol. The zero-order valence-corrected chi connectivity index (χ0v) is 17.2. The second kappa shape index (κ2) is 8.34. The molecule has 0 aromatic carbocycles. The van der Waals surface area contributed by atoms with Crippen LogP contribution >= 0.6 is 11.3 Å². The van der Waals surface area contributed by atoms with Crippen molar-refractivity contribution in [2.45, 2.75) is 32.2 Å². The fraction of sp³-hybridized carbons (Fsp3) is 0.550. The highest BCUT2D eigenvalue weighted by Gasteiger charge is 2.27. The van der Waals surface area contributed by atoms with Gasteiger partial charge >= 0.3 is 0 Å². The minimum atomic E-state index is 0.287. The van der Waals surface area contributed by atoms with E-state index in [1.54, 1.807) is 31.6 Å². The second-order valence-electron chi connectivity index (χ2n) is 7.32. The molecule has 2 aromatic heterocycles. The molecule has 0 radical (unpaired) electrons. The van der Waals surface area contributed by atoms with Gasteiger partial charge in [0.25, 0.3) is 0 Å². The number of carbonyl (C=O) groups is 1. The van der Waals surface area contributed by atoms with Crippen molar-refractivity contribution in [2.75, 3.05) is 38.8 Å². The summed E-state index contributed by atoms with van der Waals surface area (Å²) in [4.78, 5) is 27.3. The van der Waals surface area contributed by atoms with Crippen LogP contribution in [0.15, 0.2) is 17.5 Å². The summed E-state index contributed by atoms with van der Waals surface area (Å²) in [7, 11) is 3.17. The smallest absolute Gasteiger partial charge is 0.231 e. The minimum absolute atomic E-state index is 0.287. The molecule has 0 saturated carbocycles. The number of amides is 1. The number of fused-ring (bicyclic) bond motifs is 1. The largest absolute Gasteiger partial charge is 0.481 e. The molecule has 4 heterocycles. The molecule has 2 aliphatic rings. The molecule has 2 aromatic rings. The Kier molecular flexibility index (Phi) is 5.66. The van der Waals surface area contributed by atoms with Crippen LogP contribution in [0.4, 0.5) is 5.95 Å². The van der Waals surface area contributed by atoms with Gasteiger partial charge in [0.2, 0.25) is 23.6 Å². The number of nitrogens with zero attached hydrogens (tertiary/aromatic N) is 4. The van der Waals surface area contributed by atoms with Crippen LogP contribution in [0.1, 0.15) is 29.7 Å². The van der Waals surface area contributed by atoms with Crippen molar-refractivity contribution < 1.29 is 14.3 Å². The number of thiophene rings is 1. The van der Waals surface area contributed by atoms with Crippen molar-refractivity contribution in [3.63, 3.8) is 0 Å². The van der Waals surface area contributed by atoms with Crippen molar-refractivity contribution in [3.05, 3.63) is 28.0 Å². The maximum atomic E-state index is 12.8. The summed E-state index contributed by atoms with van der Waals surface area (Å²) in [6.07, 6.45) is 3.56. The number of anilines is 1.